The molecule has 0 unspecified atom stereocenters. The average Bonchev–Trinajstić information content (AvgIpc) is 2.26. The highest BCUT2D eigenvalue weighted by Crippen LogP contribution is 2.22. The Balaban J connectivity index is 2.91. The number of aryl methyl sites for hydroxylation is 1. The van der Waals surface area contributed by atoms with E-state index in [2.05, 4.69) is 4.72 Å². The van der Waals surface area contributed by atoms with Crippen LogP contribution in [0.3, 0.4) is 0 Å². The predicted octanol–water partition coefficient (Wildman–Crippen LogP) is 3.04. The molecule has 0 amide bonds. The molecule has 0 saturated carbocycles. The first-order valence-corrected chi connectivity index (χ1v) is 7.80. The first kappa shape index (κ1) is 15.5. The van der Waals surface area contributed by atoms with Crippen molar-refractivity contribution in [2.24, 2.45) is 5.41 Å². The normalized spacial score (nSPS) is 11.9. The average molecular weight is 280 g/mol. The Morgan fingerprint density at radius 3 is 2.47 bits per heavy atom. The molecule has 0 aliphatic carbocycles. The molecule has 19 heavy (non-hydrogen) atoms. The minimum atomic E-state index is -3.42. The summed E-state index contributed by atoms with van der Waals surface area (Å²) in [5, 5.41) is 9.07. The Hall–Kier alpha value is -1.54. The van der Waals surface area contributed by atoms with E-state index in [0.29, 0.717) is 17.7 Å². The van der Waals surface area contributed by atoms with Crippen LogP contribution in [-0.4, -0.2) is 14.2 Å². The molecule has 0 radical (unpaired) electrons. The van der Waals surface area contributed by atoms with E-state index in [0.717, 1.165) is 5.56 Å². The van der Waals surface area contributed by atoms with Crippen LogP contribution in [0.2, 0.25) is 0 Å². The van der Waals surface area contributed by atoms with Gasteiger partial charge in [-0.2, -0.15) is 5.26 Å². The van der Waals surface area contributed by atoms with Crippen LogP contribution in [0.1, 0.15) is 38.3 Å². The first-order chi connectivity index (χ1) is 8.64. The van der Waals surface area contributed by atoms with Gasteiger partial charge in [0.25, 0.3) is 0 Å². The van der Waals surface area contributed by atoms with Crippen LogP contribution in [0.25, 0.3) is 0 Å². The van der Waals surface area contributed by atoms with E-state index in [1.54, 1.807) is 25.1 Å². The van der Waals surface area contributed by atoms with Crippen LogP contribution in [0.5, 0.6) is 0 Å². The van der Waals surface area contributed by atoms with E-state index in [-0.39, 0.29) is 11.2 Å². The van der Waals surface area contributed by atoms with Crippen molar-refractivity contribution in [1.29, 1.82) is 5.26 Å². The number of nitrogens with zero attached hydrogens (tertiary/aromatic N) is 1. The summed E-state index contributed by atoms with van der Waals surface area (Å²) in [6.45, 7) is 7.77. The van der Waals surface area contributed by atoms with E-state index in [1.165, 1.54) is 0 Å². The molecule has 1 N–H and O–H groups in total. The van der Waals surface area contributed by atoms with Gasteiger partial charge < -0.3 is 0 Å². The molecular weight excluding hydrogens is 260 g/mol. The lowest BCUT2D eigenvalue weighted by atomic mass is 9.94. The molecular formula is C14H20N2O2S. The van der Waals surface area contributed by atoms with E-state index >= 15 is 0 Å². The highest BCUT2D eigenvalue weighted by atomic mass is 32.2. The molecule has 0 heterocycles. The molecule has 0 fully saturated rings. The number of sulfonamides is 1. The molecule has 1 aromatic carbocycles. The van der Waals surface area contributed by atoms with E-state index in [1.807, 2.05) is 26.8 Å². The van der Waals surface area contributed by atoms with E-state index in [9.17, 15) is 8.42 Å². The third-order valence-corrected chi connectivity index (χ3v) is 4.04. The third-order valence-electron chi connectivity index (χ3n) is 2.77. The Labute approximate surface area is 115 Å². The second kappa shape index (κ2) is 5.62. The van der Waals surface area contributed by atoms with Crippen LogP contribution in [0.4, 0.5) is 5.69 Å². The standard InChI is InChI=1S/C14H20N2O2S/c1-11-6-5-7-13(12(11)10-15)16-19(17,18)9-8-14(2,3)4/h5-7,16H,8-9H2,1-4H3. The van der Waals surface area contributed by atoms with Gasteiger partial charge in [-0.15, -0.1) is 0 Å². The third kappa shape index (κ3) is 4.92. The molecule has 5 heteroatoms. The van der Waals surface area contributed by atoms with E-state index < -0.39 is 10.0 Å². The Bertz CT molecular complexity index is 593. The molecule has 0 bridgehead atoms. The van der Waals surface area contributed by atoms with Crippen molar-refractivity contribution in [2.75, 3.05) is 10.5 Å². The number of benzene rings is 1. The lowest BCUT2D eigenvalue weighted by Crippen LogP contribution is -2.21. The first-order valence-electron chi connectivity index (χ1n) is 6.15. The van der Waals surface area contributed by atoms with Gasteiger partial charge in [-0.05, 0) is 30.4 Å². The fourth-order valence-electron chi connectivity index (χ4n) is 1.56. The van der Waals surface area contributed by atoms with Gasteiger partial charge in [-0.1, -0.05) is 32.9 Å². The quantitative estimate of drug-likeness (QED) is 0.921. The van der Waals surface area contributed by atoms with Gasteiger partial charge >= 0.3 is 0 Å². The number of hydrogen-bond donors (Lipinski definition) is 1. The van der Waals surface area contributed by atoms with Crippen molar-refractivity contribution in [2.45, 2.75) is 34.1 Å². The van der Waals surface area contributed by atoms with Gasteiger partial charge in [0.2, 0.25) is 10.0 Å². The molecule has 0 spiro atoms. The Kier molecular flexibility index (Phi) is 4.59. The van der Waals surface area contributed by atoms with Crippen molar-refractivity contribution in [3.8, 4) is 6.07 Å². The van der Waals surface area contributed by atoms with E-state index in [4.69, 9.17) is 5.26 Å². The van der Waals surface area contributed by atoms with Crippen LogP contribution in [-0.2, 0) is 10.0 Å². The maximum absolute atomic E-state index is 12.0. The van der Waals surface area contributed by atoms with Crippen LogP contribution < -0.4 is 4.72 Å². The molecule has 104 valence electrons. The van der Waals surface area contributed by atoms with Gasteiger partial charge in [-0.25, -0.2) is 8.42 Å². The van der Waals surface area contributed by atoms with Crippen molar-refractivity contribution >= 4 is 15.7 Å². The van der Waals surface area contributed by atoms with Gasteiger partial charge in [0.1, 0.15) is 6.07 Å². The fraction of sp³-hybridized carbons (Fsp3) is 0.500. The monoisotopic (exact) mass is 280 g/mol. The summed E-state index contributed by atoms with van der Waals surface area (Å²) < 4.78 is 26.5. The van der Waals surface area contributed by atoms with Crippen molar-refractivity contribution in [3.63, 3.8) is 0 Å². The second-order valence-electron chi connectivity index (χ2n) is 5.84. The van der Waals surface area contributed by atoms with Crippen molar-refractivity contribution in [1.82, 2.24) is 0 Å². The Morgan fingerprint density at radius 2 is 1.95 bits per heavy atom. The summed E-state index contributed by atoms with van der Waals surface area (Å²) in [6.07, 6.45) is 0.566. The van der Waals surface area contributed by atoms with Gasteiger partial charge in [-0.3, -0.25) is 4.72 Å². The maximum atomic E-state index is 12.0. The van der Waals surface area contributed by atoms with Crippen LogP contribution in [0.15, 0.2) is 18.2 Å². The SMILES string of the molecule is Cc1cccc(NS(=O)(=O)CCC(C)(C)C)c1C#N. The zero-order valence-corrected chi connectivity index (χ0v) is 12.6. The zero-order valence-electron chi connectivity index (χ0n) is 11.8. The maximum Gasteiger partial charge on any atom is 0.232 e. The summed E-state index contributed by atoms with van der Waals surface area (Å²) >= 11 is 0. The topological polar surface area (TPSA) is 70.0 Å². The Morgan fingerprint density at radius 1 is 1.32 bits per heavy atom. The second-order valence-corrected chi connectivity index (χ2v) is 7.68. The van der Waals surface area contributed by atoms with Gasteiger partial charge in [0, 0.05) is 0 Å². The number of rotatable bonds is 4. The van der Waals surface area contributed by atoms with Gasteiger partial charge in [0.15, 0.2) is 0 Å². The minimum absolute atomic E-state index is 0.0422. The zero-order chi connectivity index (χ0) is 14.7. The van der Waals surface area contributed by atoms with Crippen LogP contribution >= 0.6 is 0 Å². The lowest BCUT2D eigenvalue weighted by molar-refractivity contribution is 0.397. The van der Waals surface area contributed by atoms with Crippen molar-refractivity contribution < 1.29 is 8.42 Å². The molecule has 1 aromatic rings. The molecule has 4 nitrogen and oxygen atoms in total. The molecule has 0 aliphatic heterocycles. The number of anilines is 1. The smallest absolute Gasteiger partial charge is 0.232 e. The number of nitrogens with one attached hydrogen (secondary N) is 1. The number of nitriles is 1. The fourth-order valence-corrected chi connectivity index (χ4v) is 3.05. The largest absolute Gasteiger partial charge is 0.282 e. The van der Waals surface area contributed by atoms with Gasteiger partial charge in [0.05, 0.1) is 17.0 Å². The summed E-state index contributed by atoms with van der Waals surface area (Å²) in [6, 6.07) is 7.16. The molecule has 0 atom stereocenters. The molecule has 1 rings (SSSR count). The molecule has 0 aromatic heterocycles. The van der Waals surface area contributed by atoms with Crippen molar-refractivity contribution in [3.05, 3.63) is 29.3 Å². The highest BCUT2D eigenvalue weighted by Gasteiger charge is 2.18. The predicted molar refractivity (Wildman–Crippen MR) is 77.4 cm³/mol. The summed E-state index contributed by atoms with van der Waals surface area (Å²) in [7, 11) is -3.42. The molecule has 0 saturated heterocycles. The lowest BCUT2D eigenvalue weighted by Gasteiger charge is -2.18. The summed E-state index contributed by atoms with van der Waals surface area (Å²) in [5.74, 6) is 0.0509. The van der Waals surface area contributed by atoms with Crippen LogP contribution in [0, 0.1) is 23.7 Å². The number of hydrogen-bond acceptors (Lipinski definition) is 3. The summed E-state index contributed by atoms with van der Waals surface area (Å²) in [5.41, 5.74) is 1.45. The minimum Gasteiger partial charge on any atom is -0.282 e. The highest BCUT2D eigenvalue weighted by molar-refractivity contribution is 7.92. The summed E-state index contributed by atoms with van der Waals surface area (Å²) in [4.78, 5) is 0. The molecule has 0 aliphatic rings.